The molecule has 1 aliphatic heterocycles. The molecule has 0 radical (unpaired) electrons. The average molecular weight is 245 g/mol. The lowest BCUT2D eigenvalue weighted by molar-refractivity contribution is -0.274. The van der Waals surface area contributed by atoms with Crippen LogP contribution in [0.4, 0.5) is 18.9 Å². The van der Waals surface area contributed by atoms with E-state index < -0.39 is 6.36 Å². The first-order valence-electron chi connectivity index (χ1n) is 4.94. The average Bonchev–Trinajstić information content (AvgIpc) is 2.68. The first-order valence-corrected chi connectivity index (χ1v) is 4.94. The lowest BCUT2D eigenvalue weighted by Crippen LogP contribution is -2.26. The predicted molar refractivity (Wildman–Crippen MR) is 57.1 cm³/mol. The summed E-state index contributed by atoms with van der Waals surface area (Å²) in [5.41, 5.74) is 0.486. The minimum Gasteiger partial charge on any atom is -0.406 e. The van der Waals surface area contributed by atoms with Gasteiger partial charge in [0.25, 0.3) is 0 Å². The number of guanidine groups is 1. The summed E-state index contributed by atoms with van der Waals surface area (Å²) in [6.45, 7) is 1.38. The summed E-state index contributed by atoms with van der Waals surface area (Å²) in [4.78, 5) is 4.07. The van der Waals surface area contributed by atoms with Crippen molar-refractivity contribution >= 4 is 11.6 Å². The maximum Gasteiger partial charge on any atom is 0.573 e. The molecular formula is C10H10F3N3O. The maximum absolute atomic E-state index is 12.0. The highest BCUT2D eigenvalue weighted by Gasteiger charge is 2.31. The molecule has 1 aromatic rings. The molecule has 17 heavy (non-hydrogen) atoms. The molecule has 1 aliphatic rings. The van der Waals surface area contributed by atoms with Crippen LogP contribution >= 0.6 is 0 Å². The third-order valence-corrected chi connectivity index (χ3v) is 2.00. The third-order valence-electron chi connectivity index (χ3n) is 2.00. The summed E-state index contributed by atoms with van der Waals surface area (Å²) in [6.07, 6.45) is -4.68. The summed E-state index contributed by atoms with van der Waals surface area (Å²) in [5, 5.41) is 5.81. The Bertz CT molecular complexity index is 431. The summed E-state index contributed by atoms with van der Waals surface area (Å²) in [6, 6.07) is 5.60. The molecule has 0 fully saturated rings. The Balaban J connectivity index is 2.06. The fourth-order valence-corrected chi connectivity index (χ4v) is 1.39. The quantitative estimate of drug-likeness (QED) is 0.837. The lowest BCUT2D eigenvalue weighted by Gasteiger charge is -2.11. The van der Waals surface area contributed by atoms with Crippen molar-refractivity contribution in [2.24, 2.45) is 4.99 Å². The van der Waals surface area contributed by atoms with Crippen molar-refractivity contribution in [2.45, 2.75) is 6.36 Å². The number of halogens is 3. The van der Waals surface area contributed by atoms with Gasteiger partial charge in [-0.05, 0) is 12.1 Å². The molecule has 0 unspecified atom stereocenters. The van der Waals surface area contributed by atoms with Crippen LogP contribution in [0, 0.1) is 0 Å². The van der Waals surface area contributed by atoms with E-state index >= 15 is 0 Å². The van der Waals surface area contributed by atoms with E-state index in [0.717, 1.165) is 6.54 Å². The summed E-state index contributed by atoms with van der Waals surface area (Å²) >= 11 is 0. The zero-order valence-corrected chi connectivity index (χ0v) is 8.71. The van der Waals surface area contributed by atoms with Crippen molar-refractivity contribution in [3.8, 4) is 5.75 Å². The first kappa shape index (κ1) is 11.6. The highest BCUT2D eigenvalue weighted by Crippen LogP contribution is 2.24. The van der Waals surface area contributed by atoms with Gasteiger partial charge in [0.05, 0.1) is 6.54 Å². The molecule has 1 aromatic carbocycles. The van der Waals surface area contributed by atoms with Gasteiger partial charge in [-0.25, -0.2) is 0 Å². The second-order valence-electron chi connectivity index (χ2n) is 3.36. The summed E-state index contributed by atoms with van der Waals surface area (Å²) in [7, 11) is 0. The SMILES string of the molecule is FC(F)(F)Oc1cccc(NC2=NCCN2)c1. The number of hydrogen-bond acceptors (Lipinski definition) is 4. The van der Waals surface area contributed by atoms with E-state index in [-0.39, 0.29) is 5.75 Å². The zero-order chi connectivity index (χ0) is 12.3. The van der Waals surface area contributed by atoms with E-state index in [9.17, 15) is 13.2 Å². The molecule has 2 N–H and O–H groups in total. The summed E-state index contributed by atoms with van der Waals surface area (Å²) in [5.74, 6) is 0.287. The Kier molecular flexibility index (Phi) is 3.08. The maximum atomic E-state index is 12.0. The Labute approximate surface area is 95.5 Å². The van der Waals surface area contributed by atoms with E-state index in [2.05, 4.69) is 20.4 Å². The second-order valence-corrected chi connectivity index (χ2v) is 3.36. The van der Waals surface area contributed by atoms with E-state index in [4.69, 9.17) is 0 Å². The lowest BCUT2D eigenvalue weighted by atomic mass is 10.3. The van der Waals surface area contributed by atoms with Crippen molar-refractivity contribution in [3.05, 3.63) is 24.3 Å². The fourth-order valence-electron chi connectivity index (χ4n) is 1.39. The molecule has 0 atom stereocenters. The second kappa shape index (κ2) is 4.52. The third kappa shape index (κ3) is 3.54. The minimum absolute atomic E-state index is 0.263. The number of ether oxygens (including phenoxy) is 1. The number of alkyl halides is 3. The topological polar surface area (TPSA) is 45.6 Å². The van der Waals surface area contributed by atoms with Gasteiger partial charge in [-0.2, -0.15) is 0 Å². The largest absolute Gasteiger partial charge is 0.573 e. The molecule has 1 heterocycles. The van der Waals surface area contributed by atoms with Crippen molar-refractivity contribution in [1.29, 1.82) is 0 Å². The van der Waals surface area contributed by atoms with Crippen LogP contribution in [0.2, 0.25) is 0 Å². The Morgan fingerprint density at radius 1 is 1.35 bits per heavy atom. The van der Waals surface area contributed by atoms with E-state index in [0.29, 0.717) is 18.2 Å². The summed E-state index contributed by atoms with van der Waals surface area (Å²) < 4.78 is 39.8. The number of aliphatic imine (C=N–C) groups is 1. The van der Waals surface area contributed by atoms with Gasteiger partial charge in [0.15, 0.2) is 5.96 Å². The van der Waals surface area contributed by atoms with E-state index in [1.807, 2.05) is 0 Å². The molecule has 0 aromatic heterocycles. The van der Waals surface area contributed by atoms with Gasteiger partial charge in [-0.15, -0.1) is 13.2 Å². The first-order chi connectivity index (χ1) is 8.03. The molecule has 2 rings (SSSR count). The monoisotopic (exact) mass is 245 g/mol. The fraction of sp³-hybridized carbons (Fsp3) is 0.300. The van der Waals surface area contributed by atoms with E-state index in [1.54, 1.807) is 6.07 Å². The number of nitrogens with zero attached hydrogens (tertiary/aromatic N) is 1. The smallest absolute Gasteiger partial charge is 0.406 e. The van der Waals surface area contributed by atoms with Gasteiger partial charge < -0.3 is 15.4 Å². The van der Waals surface area contributed by atoms with Crippen LogP contribution in [0.5, 0.6) is 5.75 Å². The van der Waals surface area contributed by atoms with Gasteiger partial charge in [0.2, 0.25) is 0 Å². The highest BCUT2D eigenvalue weighted by atomic mass is 19.4. The minimum atomic E-state index is -4.68. The number of nitrogens with one attached hydrogen (secondary N) is 2. The van der Waals surface area contributed by atoms with Gasteiger partial charge in [-0.1, -0.05) is 6.07 Å². The van der Waals surface area contributed by atoms with Crippen molar-refractivity contribution < 1.29 is 17.9 Å². The van der Waals surface area contributed by atoms with Crippen molar-refractivity contribution in [1.82, 2.24) is 5.32 Å². The van der Waals surface area contributed by atoms with Crippen molar-refractivity contribution in [2.75, 3.05) is 18.4 Å². The molecule has 0 amide bonds. The van der Waals surface area contributed by atoms with Gasteiger partial charge in [0, 0.05) is 18.3 Å². The normalized spacial score (nSPS) is 15.1. The van der Waals surface area contributed by atoms with Crippen LogP contribution in [0.15, 0.2) is 29.3 Å². The Morgan fingerprint density at radius 3 is 2.82 bits per heavy atom. The standard InChI is InChI=1S/C10H10F3N3O/c11-10(12,13)17-8-3-1-2-7(6-8)16-9-14-4-5-15-9/h1-3,6H,4-5H2,(H2,14,15,16). The van der Waals surface area contributed by atoms with Crippen LogP contribution in [0.3, 0.4) is 0 Å². The number of anilines is 1. The molecule has 0 saturated carbocycles. The molecular weight excluding hydrogens is 235 g/mol. The van der Waals surface area contributed by atoms with Crippen LogP contribution in [0.1, 0.15) is 0 Å². The van der Waals surface area contributed by atoms with Crippen LogP contribution in [-0.4, -0.2) is 25.4 Å². The molecule has 4 nitrogen and oxygen atoms in total. The number of rotatable bonds is 2. The number of hydrogen-bond donors (Lipinski definition) is 2. The van der Waals surface area contributed by atoms with Gasteiger partial charge in [-0.3, -0.25) is 4.99 Å². The van der Waals surface area contributed by atoms with Gasteiger partial charge >= 0.3 is 6.36 Å². The molecule has 92 valence electrons. The Hall–Kier alpha value is -1.92. The van der Waals surface area contributed by atoms with E-state index in [1.165, 1.54) is 18.2 Å². The molecule has 0 bridgehead atoms. The molecule has 0 aliphatic carbocycles. The van der Waals surface area contributed by atoms with Crippen molar-refractivity contribution in [3.63, 3.8) is 0 Å². The predicted octanol–water partition coefficient (Wildman–Crippen LogP) is 1.96. The van der Waals surface area contributed by atoms with Gasteiger partial charge in [0.1, 0.15) is 5.75 Å². The van der Waals surface area contributed by atoms with Crippen LogP contribution < -0.4 is 15.4 Å². The molecule has 0 spiro atoms. The Morgan fingerprint density at radius 2 is 2.18 bits per heavy atom. The molecule has 0 saturated heterocycles. The van der Waals surface area contributed by atoms with Crippen LogP contribution in [0.25, 0.3) is 0 Å². The highest BCUT2D eigenvalue weighted by molar-refractivity contribution is 5.94. The zero-order valence-electron chi connectivity index (χ0n) is 8.71. The number of benzene rings is 1. The molecule has 7 heteroatoms. The van der Waals surface area contributed by atoms with Crippen LogP contribution in [-0.2, 0) is 0 Å².